The van der Waals surface area contributed by atoms with Crippen LogP contribution >= 0.6 is 0 Å². The van der Waals surface area contributed by atoms with Crippen molar-refractivity contribution in [3.05, 3.63) is 34.9 Å². The van der Waals surface area contributed by atoms with Gasteiger partial charge >= 0.3 is 11.9 Å². The first-order valence-corrected chi connectivity index (χ1v) is 4.75. The van der Waals surface area contributed by atoms with Crippen LogP contribution in [-0.2, 0) is 9.47 Å². The van der Waals surface area contributed by atoms with E-state index in [9.17, 15) is 18.4 Å². The van der Waals surface area contributed by atoms with Crippen molar-refractivity contribution in [1.82, 2.24) is 0 Å². The highest BCUT2D eigenvalue weighted by molar-refractivity contribution is 6.03. The maximum Gasteiger partial charge on any atom is 0.339 e. The SMILES string of the molecule is CCOC(=O)c1cc(F)c(F)cc1C(=O)OC. The van der Waals surface area contributed by atoms with Crippen LogP contribution in [0.25, 0.3) is 0 Å². The van der Waals surface area contributed by atoms with Crippen LogP contribution in [0.5, 0.6) is 0 Å². The van der Waals surface area contributed by atoms with Crippen LogP contribution in [-0.4, -0.2) is 25.7 Å². The van der Waals surface area contributed by atoms with Crippen molar-refractivity contribution < 1.29 is 27.8 Å². The summed E-state index contributed by atoms with van der Waals surface area (Å²) in [4.78, 5) is 22.7. The van der Waals surface area contributed by atoms with Gasteiger partial charge in [0.15, 0.2) is 11.6 Å². The Balaban J connectivity index is 3.30. The lowest BCUT2D eigenvalue weighted by Crippen LogP contribution is -2.14. The molecule has 0 heterocycles. The molecular weight excluding hydrogens is 234 g/mol. The highest BCUT2D eigenvalue weighted by Crippen LogP contribution is 2.17. The van der Waals surface area contributed by atoms with E-state index >= 15 is 0 Å². The molecule has 6 heteroatoms. The highest BCUT2D eigenvalue weighted by atomic mass is 19.2. The van der Waals surface area contributed by atoms with Gasteiger partial charge in [-0.1, -0.05) is 0 Å². The molecule has 1 aromatic carbocycles. The number of benzene rings is 1. The zero-order valence-corrected chi connectivity index (χ0v) is 9.25. The lowest BCUT2D eigenvalue weighted by molar-refractivity contribution is 0.0503. The highest BCUT2D eigenvalue weighted by Gasteiger charge is 2.22. The summed E-state index contributed by atoms with van der Waals surface area (Å²) in [5.74, 6) is -4.32. The largest absolute Gasteiger partial charge is 0.465 e. The molecule has 0 radical (unpaired) electrons. The average Bonchev–Trinajstić information content (AvgIpc) is 2.31. The van der Waals surface area contributed by atoms with Gasteiger partial charge in [-0.25, -0.2) is 18.4 Å². The number of hydrogen-bond acceptors (Lipinski definition) is 4. The number of esters is 2. The number of methoxy groups -OCH3 is 1. The minimum atomic E-state index is -1.24. The normalized spacial score (nSPS) is 9.88. The summed E-state index contributed by atoms with van der Waals surface area (Å²) in [6.07, 6.45) is 0. The van der Waals surface area contributed by atoms with Crippen LogP contribution in [0.4, 0.5) is 8.78 Å². The number of rotatable bonds is 3. The molecule has 0 N–H and O–H groups in total. The monoisotopic (exact) mass is 244 g/mol. The number of halogens is 2. The zero-order chi connectivity index (χ0) is 13.0. The Hall–Kier alpha value is -1.98. The molecule has 0 fully saturated rings. The van der Waals surface area contributed by atoms with Crippen molar-refractivity contribution in [2.75, 3.05) is 13.7 Å². The van der Waals surface area contributed by atoms with Gasteiger partial charge in [-0.2, -0.15) is 0 Å². The number of carbonyl (C=O) groups is 2. The summed E-state index contributed by atoms with van der Waals surface area (Å²) in [5.41, 5.74) is -0.734. The maximum atomic E-state index is 13.0. The van der Waals surface area contributed by atoms with E-state index in [1.54, 1.807) is 6.92 Å². The average molecular weight is 244 g/mol. The molecular formula is C11H10F2O4. The van der Waals surface area contributed by atoms with E-state index in [0.717, 1.165) is 7.11 Å². The van der Waals surface area contributed by atoms with Crippen molar-refractivity contribution in [2.24, 2.45) is 0 Å². The van der Waals surface area contributed by atoms with Gasteiger partial charge in [0.2, 0.25) is 0 Å². The van der Waals surface area contributed by atoms with Gasteiger partial charge in [0.05, 0.1) is 24.8 Å². The molecule has 0 saturated carbocycles. The van der Waals surface area contributed by atoms with Gasteiger partial charge < -0.3 is 9.47 Å². The van der Waals surface area contributed by atoms with E-state index in [0.29, 0.717) is 12.1 Å². The summed E-state index contributed by atoms with van der Waals surface area (Å²) >= 11 is 0. The molecule has 0 amide bonds. The van der Waals surface area contributed by atoms with E-state index in [4.69, 9.17) is 0 Å². The molecule has 1 rings (SSSR count). The Bertz CT molecular complexity index is 457. The summed E-state index contributed by atoms with van der Waals surface area (Å²) in [6.45, 7) is 1.61. The second-order valence-electron chi connectivity index (χ2n) is 3.02. The molecule has 0 spiro atoms. The van der Waals surface area contributed by atoms with Gasteiger partial charge in [-0.05, 0) is 19.1 Å². The van der Waals surface area contributed by atoms with E-state index in [2.05, 4.69) is 9.47 Å². The minimum Gasteiger partial charge on any atom is -0.465 e. The molecule has 0 atom stereocenters. The Morgan fingerprint density at radius 3 is 2.00 bits per heavy atom. The number of hydrogen-bond donors (Lipinski definition) is 0. The van der Waals surface area contributed by atoms with Gasteiger partial charge in [-0.3, -0.25) is 0 Å². The molecule has 92 valence electrons. The molecule has 0 aliphatic heterocycles. The first kappa shape index (κ1) is 13.1. The van der Waals surface area contributed by atoms with Crippen LogP contribution in [0, 0.1) is 11.6 Å². The maximum absolute atomic E-state index is 13.0. The molecule has 17 heavy (non-hydrogen) atoms. The standard InChI is InChI=1S/C11H10F2O4/c1-3-17-11(15)7-5-9(13)8(12)4-6(7)10(14)16-2/h4-5H,3H2,1-2H3. The Labute approximate surface area is 96.1 Å². The third kappa shape index (κ3) is 2.77. The van der Waals surface area contributed by atoms with Gasteiger partial charge in [-0.15, -0.1) is 0 Å². The predicted octanol–water partition coefficient (Wildman–Crippen LogP) is 1.93. The quantitative estimate of drug-likeness (QED) is 0.762. The topological polar surface area (TPSA) is 52.6 Å². The fourth-order valence-corrected chi connectivity index (χ4v) is 1.20. The van der Waals surface area contributed by atoms with Crippen LogP contribution in [0.15, 0.2) is 12.1 Å². The van der Waals surface area contributed by atoms with Crippen molar-refractivity contribution in [1.29, 1.82) is 0 Å². The molecule has 0 unspecified atom stereocenters. The molecule has 0 bridgehead atoms. The van der Waals surface area contributed by atoms with Gasteiger partial charge in [0.25, 0.3) is 0 Å². The lowest BCUT2D eigenvalue weighted by Gasteiger charge is -2.07. The molecule has 4 nitrogen and oxygen atoms in total. The summed E-state index contributed by atoms with van der Waals surface area (Å²) in [7, 11) is 1.07. The molecule has 0 saturated heterocycles. The Morgan fingerprint density at radius 1 is 1.12 bits per heavy atom. The van der Waals surface area contributed by atoms with E-state index in [1.807, 2.05) is 0 Å². The molecule has 0 aliphatic rings. The third-order valence-corrected chi connectivity index (χ3v) is 1.96. The van der Waals surface area contributed by atoms with Crippen molar-refractivity contribution in [2.45, 2.75) is 6.92 Å². The lowest BCUT2D eigenvalue weighted by atomic mass is 10.1. The summed E-state index contributed by atoms with van der Waals surface area (Å²) in [5, 5.41) is 0. The summed E-state index contributed by atoms with van der Waals surface area (Å²) in [6, 6.07) is 1.22. The molecule has 0 aliphatic carbocycles. The van der Waals surface area contributed by atoms with Crippen LogP contribution < -0.4 is 0 Å². The second kappa shape index (κ2) is 5.38. The van der Waals surface area contributed by atoms with Gasteiger partial charge in [0.1, 0.15) is 0 Å². The fourth-order valence-electron chi connectivity index (χ4n) is 1.20. The van der Waals surface area contributed by atoms with Crippen LogP contribution in [0.3, 0.4) is 0 Å². The Kier molecular flexibility index (Phi) is 4.14. The van der Waals surface area contributed by atoms with E-state index < -0.39 is 23.6 Å². The van der Waals surface area contributed by atoms with Crippen LogP contribution in [0.2, 0.25) is 0 Å². The van der Waals surface area contributed by atoms with Crippen molar-refractivity contribution in [3.63, 3.8) is 0 Å². The second-order valence-corrected chi connectivity index (χ2v) is 3.02. The number of carbonyl (C=O) groups excluding carboxylic acids is 2. The third-order valence-electron chi connectivity index (χ3n) is 1.96. The Morgan fingerprint density at radius 2 is 1.59 bits per heavy atom. The fraction of sp³-hybridized carbons (Fsp3) is 0.273. The van der Waals surface area contributed by atoms with Crippen molar-refractivity contribution in [3.8, 4) is 0 Å². The van der Waals surface area contributed by atoms with E-state index in [1.165, 1.54) is 0 Å². The molecule has 1 aromatic rings. The minimum absolute atomic E-state index is 0.0540. The molecule has 0 aromatic heterocycles. The zero-order valence-electron chi connectivity index (χ0n) is 9.25. The summed E-state index contributed by atoms with van der Waals surface area (Å²) < 4.78 is 34.9. The first-order valence-electron chi connectivity index (χ1n) is 4.75. The first-order chi connectivity index (χ1) is 8.01. The predicted molar refractivity (Wildman–Crippen MR) is 53.7 cm³/mol. The van der Waals surface area contributed by atoms with Gasteiger partial charge in [0, 0.05) is 0 Å². The van der Waals surface area contributed by atoms with E-state index in [-0.39, 0.29) is 17.7 Å². The van der Waals surface area contributed by atoms with Crippen molar-refractivity contribution >= 4 is 11.9 Å². The smallest absolute Gasteiger partial charge is 0.339 e. The number of ether oxygens (including phenoxy) is 2. The van der Waals surface area contributed by atoms with Crippen LogP contribution in [0.1, 0.15) is 27.6 Å².